The summed E-state index contributed by atoms with van der Waals surface area (Å²) < 4.78 is 13.0. The van der Waals surface area contributed by atoms with Gasteiger partial charge in [0.05, 0.1) is 6.04 Å². The second-order valence-corrected chi connectivity index (χ2v) is 4.41. The Morgan fingerprint density at radius 1 is 1.12 bits per heavy atom. The van der Waals surface area contributed by atoms with Crippen molar-refractivity contribution in [1.29, 1.82) is 0 Å². The van der Waals surface area contributed by atoms with Gasteiger partial charge in [0.2, 0.25) is 0 Å². The third-order valence-electron chi connectivity index (χ3n) is 2.82. The van der Waals surface area contributed by atoms with E-state index in [1.807, 2.05) is 31.2 Å². The smallest absolute Gasteiger partial charge is 0.124 e. The average molecular weight is 250 g/mol. The maximum atomic E-state index is 13.0. The fraction of sp³-hybridized carbons (Fsp3) is 0.143. The molecule has 0 aromatic heterocycles. The maximum absolute atomic E-state index is 13.0. The van der Waals surface area contributed by atoms with Crippen LogP contribution in [0.5, 0.6) is 0 Å². The van der Waals surface area contributed by atoms with Crippen LogP contribution in [0.1, 0.15) is 22.7 Å². The van der Waals surface area contributed by atoms with Gasteiger partial charge in [0.15, 0.2) is 0 Å². The van der Waals surface area contributed by atoms with E-state index < -0.39 is 0 Å². The standard InChI is InChI=1S/C14H13ClFN/c1-9-4-2-3-5-11(9)14(17)12-7-6-10(16)8-13(12)15/h2-8,14H,17H2,1H3. The highest BCUT2D eigenvalue weighted by Gasteiger charge is 2.14. The Kier molecular flexibility index (Phi) is 3.46. The number of hydrogen-bond donors (Lipinski definition) is 1. The fourth-order valence-electron chi connectivity index (χ4n) is 1.86. The van der Waals surface area contributed by atoms with Crippen LogP contribution in [0.15, 0.2) is 42.5 Å². The number of halogens is 2. The van der Waals surface area contributed by atoms with Gasteiger partial charge in [-0.25, -0.2) is 4.39 Å². The van der Waals surface area contributed by atoms with Gasteiger partial charge in [0.1, 0.15) is 5.82 Å². The first kappa shape index (κ1) is 12.1. The predicted molar refractivity (Wildman–Crippen MR) is 68.6 cm³/mol. The van der Waals surface area contributed by atoms with E-state index in [2.05, 4.69) is 0 Å². The molecule has 88 valence electrons. The Morgan fingerprint density at radius 2 is 1.82 bits per heavy atom. The van der Waals surface area contributed by atoms with Crippen molar-refractivity contribution in [2.45, 2.75) is 13.0 Å². The zero-order valence-corrected chi connectivity index (χ0v) is 10.2. The molecule has 0 aliphatic heterocycles. The molecule has 0 aliphatic rings. The van der Waals surface area contributed by atoms with Gasteiger partial charge in [-0.2, -0.15) is 0 Å². The van der Waals surface area contributed by atoms with E-state index in [0.717, 1.165) is 16.7 Å². The van der Waals surface area contributed by atoms with E-state index in [4.69, 9.17) is 17.3 Å². The Morgan fingerprint density at radius 3 is 2.47 bits per heavy atom. The molecule has 0 bridgehead atoms. The molecule has 0 saturated carbocycles. The quantitative estimate of drug-likeness (QED) is 0.860. The molecule has 0 amide bonds. The van der Waals surface area contributed by atoms with Gasteiger partial charge >= 0.3 is 0 Å². The molecule has 2 N–H and O–H groups in total. The van der Waals surface area contributed by atoms with E-state index in [-0.39, 0.29) is 11.9 Å². The highest BCUT2D eigenvalue weighted by atomic mass is 35.5. The van der Waals surface area contributed by atoms with E-state index >= 15 is 0 Å². The van der Waals surface area contributed by atoms with E-state index in [0.29, 0.717) is 5.02 Å². The summed E-state index contributed by atoms with van der Waals surface area (Å²) in [7, 11) is 0. The zero-order chi connectivity index (χ0) is 12.4. The molecule has 1 unspecified atom stereocenters. The molecule has 2 aromatic rings. The summed E-state index contributed by atoms with van der Waals surface area (Å²) in [6.45, 7) is 1.99. The summed E-state index contributed by atoms with van der Waals surface area (Å²) in [6, 6.07) is 11.8. The van der Waals surface area contributed by atoms with Gasteiger partial charge in [-0.05, 0) is 35.7 Å². The number of aryl methyl sites for hydroxylation is 1. The van der Waals surface area contributed by atoms with Crippen molar-refractivity contribution in [2.24, 2.45) is 5.73 Å². The molecular weight excluding hydrogens is 237 g/mol. The molecule has 0 spiro atoms. The summed E-state index contributed by atoms with van der Waals surface area (Å²) in [4.78, 5) is 0. The van der Waals surface area contributed by atoms with Crippen molar-refractivity contribution in [1.82, 2.24) is 0 Å². The van der Waals surface area contributed by atoms with Crippen LogP contribution < -0.4 is 5.73 Å². The van der Waals surface area contributed by atoms with Gasteiger partial charge in [0, 0.05) is 5.02 Å². The first-order valence-corrected chi connectivity index (χ1v) is 5.73. The molecule has 17 heavy (non-hydrogen) atoms. The van der Waals surface area contributed by atoms with Crippen molar-refractivity contribution in [3.05, 3.63) is 70.0 Å². The van der Waals surface area contributed by atoms with Gasteiger partial charge < -0.3 is 5.73 Å². The molecule has 0 heterocycles. The number of hydrogen-bond acceptors (Lipinski definition) is 1. The van der Waals surface area contributed by atoms with Gasteiger partial charge in [-0.15, -0.1) is 0 Å². The van der Waals surface area contributed by atoms with Crippen molar-refractivity contribution < 1.29 is 4.39 Å². The van der Waals surface area contributed by atoms with Crippen LogP contribution in [-0.2, 0) is 0 Å². The van der Waals surface area contributed by atoms with Crippen LogP contribution in [0.25, 0.3) is 0 Å². The molecule has 0 radical (unpaired) electrons. The monoisotopic (exact) mass is 249 g/mol. The van der Waals surface area contributed by atoms with Crippen molar-refractivity contribution in [3.63, 3.8) is 0 Å². The average Bonchev–Trinajstić information content (AvgIpc) is 2.29. The minimum absolute atomic E-state index is 0.329. The van der Waals surface area contributed by atoms with E-state index in [9.17, 15) is 4.39 Å². The lowest BCUT2D eigenvalue weighted by atomic mass is 9.96. The SMILES string of the molecule is Cc1ccccc1C(N)c1ccc(F)cc1Cl. The summed E-state index contributed by atoms with van der Waals surface area (Å²) in [5, 5.41) is 0.362. The Balaban J connectivity index is 2.44. The minimum Gasteiger partial charge on any atom is -0.320 e. The van der Waals surface area contributed by atoms with Gasteiger partial charge in [-0.3, -0.25) is 0 Å². The van der Waals surface area contributed by atoms with Crippen LogP contribution in [0.3, 0.4) is 0 Å². The third-order valence-corrected chi connectivity index (χ3v) is 3.15. The number of nitrogens with two attached hydrogens (primary N) is 1. The lowest BCUT2D eigenvalue weighted by Gasteiger charge is -2.16. The Hall–Kier alpha value is -1.38. The van der Waals surface area contributed by atoms with Crippen LogP contribution >= 0.6 is 11.6 Å². The van der Waals surface area contributed by atoms with E-state index in [1.54, 1.807) is 6.07 Å². The summed E-state index contributed by atoms with van der Waals surface area (Å²) in [5.41, 5.74) is 9.00. The lowest BCUT2D eigenvalue weighted by Crippen LogP contribution is -2.13. The van der Waals surface area contributed by atoms with E-state index in [1.165, 1.54) is 12.1 Å². The second kappa shape index (κ2) is 4.86. The van der Waals surface area contributed by atoms with Crippen LogP contribution in [-0.4, -0.2) is 0 Å². The molecule has 1 atom stereocenters. The molecular formula is C14H13ClFN. The molecule has 0 fully saturated rings. The molecule has 0 aliphatic carbocycles. The molecule has 0 saturated heterocycles. The molecule has 1 nitrogen and oxygen atoms in total. The maximum Gasteiger partial charge on any atom is 0.124 e. The van der Waals surface area contributed by atoms with Crippen molar-refractivity contribution in [3.8, 4) is 0 Å². The molecule has 3 heteroatoms. The second-order valence-electron chi connectivity index (χ2n) is 4.00. The minimum atomic E-state index is -0.351. The van der Waals surface area contributed by atoms with Gasteiger partial charge in [0.25, 0.3) is 0 Å². The number of rotatable bonds is 2. The zero-order valence-electron chi connectivity index (χ0n) is 9.45. The van der Waals surface area contributed by atoms with Crippen molar-refractivity contribution in [2.75, 3.05) is 0 Å². The summed E-state index contributed by atoms with van der Waals surface area (Å²) in [6.07, 6.45) is 0. The first-order chi connectivity index (χ1) is 8.09. The van der Waals surface area contributed by atoms with Gasteiger partial charge in [-0.1, -0.05) is 41.9 Å². The van der Waals surface area contributed by atoms with Crippen LogP contribution in [0.4, 0.5) is 4.39 Å². The Labute approximate surface area is 105 Å². The Bertz CT molecular complexity index is 539. The lowest BCUT2D eigenvalue weighted by molar-refractivity contribution is 0.626. The topological polar surface area (TPSA) is 26.0 Å². The van der Waals surface area contributed by atoms with Crippen LogP contribution in [0, 0.1) is 12.7 Å². The van der Waals surface area contributed by atoms with Crippen molar-refractivity contribution >= 4 is 11.6 Å². The van der Waals surface area contributed by atoms with Crippen LogP contribution in [0.2, 0.25) is 5.02 Å². The summed E-state index contributed by atoms with van der Waals surface area (Å²) in [5.74, 6) is -0.351. The highest BCUT2D eigenvalue weighted by Crippen LogP contribution is 2.28. The predicted octanol–water partition coefficient (Wildman–Crippen LogP) is 3.84. The third kappa shape index (κ3) is 2.48. The fourth-order valence-corrected chi connectivity index (χ4v) is 2.14. The first-order valence-electron chi connectivity index (χ1n) is 5.35. The highest BCUT2D eigenvalue weighted by molar-refractivity contribution is 6.31. The number of benzene rings is 2. The largest absolute Gasteiger partial charge is 0.320 e. The summed E-state index contributed by atoms with van der Waals surface area (Å²) >= 11 is 6.01. The molecule has 2 aromatic carbocycles. The molecule has 2 rings (SSSR count). The normalized spacial score (nSPS) is 12.5.